The molecule has 8 unspecified atom stereocenters. The molecule has 2 N–H and O–H groups in total. The van der Waals surface area contributed by atoms with E-state index in [9.17, 15) is 14.4 Å². The molecule has 2 bridgehead atoms. The van der Waals surface area contributed by atoms with Gasteiger partial charge in [0.1, 0.15) is 11.6 Å². The third kappa shape index (κ3) is 5.23. The van der Waals surface area contributed by atoms with Crippen molar-refractivity contribution in [3.05, 3.63) is 52.0 Å². The summed E-state index contributed by atoms with van der Waals surface area (Å²) in [6.45, 7) is 4.86. The highest BCUT2D eigenvalue weighted by Gasteiger charge is 2.72. The van der Waals surface area contributed by atoms with Crippen LogP contribution in [0.5, 0.6) is 0 Å². The van der Waals surface area contributed by atoms with Crippen LogP contribution < -0.4 is 10.6 Å². The van der Waals surface area contributed by atoms with Gasteiger partial charge in [0.05, 0.1) is 17.9 Å². The standard InChI is InChI=1S/C32H39Cl2N3O4/c1-18-7-6-10-24(19(18)2)36-30(39)28-32-13-11-25(41-32)26(29(38)35-23-16-21(33)15-22(34)17-23)27(32)31(40)37(28)14-12-20-8-4-3-5-9-20/h8,11,13,15-19,24-28H,3-7,9-10,12,14H2,1-2H3,(H,35,38)(H,36,39). The smallest absolute Gasteiger partial charge is 0.246 e. The molecule has 3 amide bonds. The van der Waals surface area contributed by atoms with Crippen LogP contribution >= 0.6 is 23.2 Å². The third-order valence-electron chi connectivity index (χ3n) is 10.1. The van der Waals surface area contributed by atoms with Crippen molar-refractivity contribution in [1.29, 1.82) is 0 Å². The van der Waals surface area contributed by atoms with Crippen LogP contribution in [0.1, 0.15) is 65.2 Å². The van der Waals surface area contributed by atoms with Crippen molar-refractivity contribution in [2.24, 2.45) is 23.7 Å². The van der Waals surface area contributed by atoms with Crippen LogP contribution in [0.15, 0.2) is 42.0 Å². The Morgan fingerprint density at radius 3 is 2.59 bits per heavy atom. The molecule has 9 heteroatoms. The molecule has 8 atom stereocenters. The summed E-state index contributed by atoms with van der Waals surface area (Å²) in [4.78, 5) is 43.8. The zero-order valence-corrected chi connectivity index (χ0v) is 25.2. The molecule has 0 aromatic heterocycles. The number of ether oxygens (including phenoxy) is 1. The number of nitrogens with zero attached hydrogens (tertiary/aromatic N) is 1. The minimum atomic E-state index is -1.18. The third-order valence-corrected chi connectivity index (χ3v) is 10.6. The van der Waals surface area contributed by atoms with Gasteiger partial charge in [-0.3, -0.25) is 14.4 Å². The summed E-state index contributed by atoms with van der Waals surface area (Å²) >= 11 is 12.3. The molecule has 1 spiro atoms. The number of carbonyl (C=O) groups is 3. The van der Waals surface area contributed by atoms with Gasteiger partial charge in [-0.15, -0.1) is 0 Å². The van der Waals surface area contributed by atoms with Gasteiger partial charge < -0.3 is 20.3 Å². The molecule has 3 aliphatic heterocycles. The lowest BCUT2D eigenvalue weighted by atomic mass is 9.73. The average molecular weight is 601 g/mol. The maximum Gasteiger partial charge on any atom is 0.246 e. The van der Waals surface area contributed by atoms with Crippen molar-refractivity contribution < 1.29 is 19.1 Å². The van der Waals surface area contributed by atoms with Crippen molar-refractivity contribution in [2.45, 2.75) is 89.0 Å². The lowest BCUT2D eigenvalue weighted by molar-refractivity contribution is -0.141. The molecule has 5 aliphatic rings. The van der Waals surface area contributed by atoms with Gasteiger partial charge in [0.25, 0.3) is 0 Å². The van der Waals surface area contributed by atoms with Gasteiger partial charge in [-0.1, -0.05) is 73.7 Å². The molecule has 41 heavy (non-hydrogen) atoms. The van der Waals surface area contributed by atoms with Crippen LogP contribution in [0.25, 0.3) is 0 Å². The molecule has 2 saturated heterocycles. The fourth-order valence-electron chi connectivity index (χ4n) is 7.80. The van der Waals surface area contributed by atoms with Crippen LogP contribution in [0, 0.1) is 23.7 Å². The number of likely N-dealkylation sites (tertiary alicyclic amines) is 1. The number of hydrogen-bond acceptors (Lipinski definition) is 4. The molecule has 0 radical (unpaired) electrons. The zero-order chi connectivity index (χ0) is 28.9. The summed E-state index contributed by atoms with van der Waals surface area (Å²) < 4.78 is 6.50. The Kier molecular flexibility index (Phi) is 7.98. The summed E-state index contributed by atoms with van der Waals surface area (Å²) in [6, 6.07) is 4.05. The van der Waals surface area contributed by atoms with E-state index >= 15 is 0 Å². The van der Waals surface area contributed by atoms with E-state index < -0.39 is 29.6 Å². The first kappa shape index (κ1) is 28.8. The van der Waals surface area contributed by atoms with Crippen LogP contribution in [0.3, 0.4) is 0 Å². The van der Waals surface area contributed by atoms with Crippen LogP contribution in [-0.2, 0) is 19.1 Å². The molecule has 1 aromatic rings. The first-order chi connectivity index (χ1) is 19.7. The van der Waals surface area contributed by atoms with E-state index in [0.29, 0.717) is 34.1 Å². The Labute approximate surface area is 252 Å². The minimum absolute atomic E-state index is 0.0500. The highest BCUT2D eigenvalue weighted by molar-refractivity contribution is 6.35. The Hall–Kier alpha value is -2.35. The lowest BCUT2D eigenvalue weighted by Crippen LogP contribution is -2.58. The highest BCUT2D eigenvalue weighted by Crippen LogP contribution is 2.55. The number of allylic oxidation sites excluding steroid dienone is 1. The van der Waals surface area contributed by atoms with E-state index in [1.165, 1.54) is 12.0 Å². The summed E-state index contributed by atoms with van der Waals surface area (Å²) in [6.07, 6.45) is 13.7. The Morgan fingerprint density at radius 1 is 1.07 bits per heavy atom. The highest BCUT2D eigenvalue weighted by atomic mass is 35.5. The van der Waals surface area contributed by atoms with Crippen molar-refractivity contribution in [2.75, 3.05) is 11.9 Å². The molecule has 6 rings (SSSR count). The second-order valence-corrected chi connectivity index (χ2v) is 13.5. The molecule has 3 fully saturated rings. The zero-order valence-electron chi connectivity index (χ0n) is 23.7. The molecular formula is C32H39Cl2N3O4. The second kappa shape index (κ2) is 11.4. The van der Waals surface area contributed by atoms with E-state index in [-0.39, 0.29) is 23.8 Å². The molecule has 1 saturated carbocycles. The number of rotatable bonds is 7. The van der Waals surface area contributed by atoms with Gasteiger partial charge in [0, 0.05) is 28.3 Å². The number of benzene rings is 1. The van der Waals surface area contributed by atoms with Crippen LogP contribution in [-0.4, -0.2) is 53.0 Å². The molecular weight excluding hydrogens is 561 g/mol. The van der Waals surface area contributed by atoms with Gasteiger partial charge in [-0.05, 0) is 68.6 Å². The van der Waals surface area contributed by atoms with Gasteiger partial charge >= 0.3 is 0 Å². The topological polar surface area (TPSA) is 87.7 Å². The molecule has 7 nitrogen and oxygen atoms in total. The number of nitrogens with one attached hydrogen (secondary N) is 2. The summed E-state index contributed by atoms with van der Waals surface area (Å²) in [5.41, 5.74) is 0.611. The number of hydrogen-bond donors (Lipinski definition) is 2. The number of fused-ring (bicyclic) bond motifs is 1. The minimum Gasteiger partial charge on any atom is -0.359 e. The number of halogens is 2. The predicted octanol–water partition coefficient (Wildman–Crippen LogP) is 5.91. The number of anilines is 1. The molecule has 1 aromatic carbocycles. The quantitative estimate of drug-likeness (QED) is 0.381. The van der Waals surface area contributed by atoms with Crippen LogP contribution in [0.4, 0.5) is 5.69 Å². The molecule has 2 aliphatic carbocycles. The Balaban J connectivity index is 1.29. The maximum atomic E-state index is 14.2. The van der Waals surface area contributed by atoms with E-state index in [1.54, 1.807) is 23.1 Å². The van der Waals surface area contributed by atoms with E-state index in [1.807, 2.05) is 12.2 Å². The Bertz CT molecular complexity index is 1280. The SMILES string of the molecule is CC1CCCC(NC(=O)C2N(CCC3=CCCCC3)C(=O)C3C(C(=O)Nc4cc(Cl)cc(Cl)c4)C4C=CC32O4)C1C. The van der Waals surface area contributed by atoms with Crippen molar-refractivity contribution in [3.8, 4) is 0 Å². The number of carbonyl (C=O) groups excluding carboxylic acids is 3. The monoisotopic (exact) mass is 599 g/mol. The normalized spacial score (nSPS) is 35.8. The summed E-state index contributed by atoms with van der Waals surface area (Å²) in [7, 11) is 0. The van der Waals surface area contributed by atoms with E-state index in [0.717, 1.165) is 44.9 Å². The predicted molar refractivity (Wildman–Crippen MR) is 160 cm³/mol. The lowest BCUT2D eigenvalue weighted by Gasteiger charge is -2.38. The first-order valence-corrected chi connectivity index (χ1v) is 15.9. The largest absolute Gasteiger partial charge is 0.359 e. The fourth-order valence-corrected chi connectivity index (χ4v) is 8.33. The number of amides is 3. The summed E-state index contributed by atoms with van der Waals surface area (Å²) in [5.74, 6) is -1.41. The summed E-state index contributed by atoms with van der Waals surface area (Å²) in [5, 5.41) is 7.02. The van der Waals surface area contributed by atoms with Gasteiger partial charge in [0.15, 0.2) is 0 Å². The first-order valence-electron chi connectivity index (χ1n) is 15.1. The van der Waals surface area contributed by atoms with Gasteiger partial charge in [-0.2, -0.15) is 0 Å². The van der Waals surface area contributed by atoms with Crippen LogP contribution in [0.2, 0.25) is 10.0 Å². The van der Waals surface area contributed by atoms with E-state index in [4.69, 9.17) is 27.9 Å². The van der Waals surface area contributed by atoms with E-state index in [2.05, 4.69) is 30.6 Å². The second-order valence-electron chi connectivity index (χ2n) is 12.6. The maximum absolute atomic E-state index is 14.2. The van der Waals surface area contributed by atoms with Gasteiger partial charge in [0.2, 0.25) is 17.7 Å². The Morgan fingerprint density at radius 2 is 1.85 bits per heavy atom. The van der Waals surface area contributed by atoms with Crippen molar-refractivity contribution >= 4 is 46.6 Å². The molecule has 3 heterocycles. The molecule has 220 valence electrons. The van der Waals surface area contributed by atoms with Gasteiger partial charge in [-0.25, -0.2) is 0 Å². The average Bonchev–Trinajstić information content (AvgIpc) is 3.57. The van der Waals surface area contributed by atoms with Crippen molar-refractivity contribution in [1.82, 2.24) is 10.2 Å². The van der Waals surface area contributed by atoms with Crippen molar-refractivity contribution in [3.63, 3.8) is 0 Å². The fraction of sp³-hybridized carbons (Fsp3) is 0.594.